The fourth-order valence-electron chi connectivity index (χ4n) is 0. The minimum atomic E-state index is -3.07. The van der Waals surface area contributed by atoms with E-state index in [1.807, 2.05) is 0 Å². The summed E-state index contributed by atoms with van der Waals surface area (Å²) in [6.07, 6.45) is 0. The molecule has 0 saturated carbocycles. The van der Waals surface area contributed by atoms with Crippen LogP contribution in [0, 0.1) is 0 Å². The van der Waals surface area contributed by atoms with E-state index >= 15 is 0 Å². The van der Waals surface area contributed by atoms with Crippen LogP contribution in [0.25, 0.3) is 0 Å². The second-order valence-electron chi connectivity index (χ2n) is 0.617. The molecule has 0 radical (unpaired) electrons. The number of ketones is 1. The number of rotatable bonds is 1. The first kappa shape index (κ1) is 4.06. The second kappa shape index (κ2) is 4.30. The number of carboxylic acids is 1. The van der Waals surface area contributed by atoms with Gasteiger partial charge in [0.25, 0.3) is 0 Å². The van der Waals surface area contributed by atoms with Gasteiger partial charge in [0.05, 0.1) is 0 Å². The Hall–Kier alpha value is 0.140. The van der Waals surface area contributed by atoms with Gasteiger partial charge in [-0.3, -0.25) is 4.79 Å². The van der Waals surface area contributed by atoms with Crippen molar-refractivity contribution in [1.82, 2.24) is 0 Å². The molecule has 3 nitrogen and oxygen atoms in total. The number of carbonyl (C=O) groups excluding carboxylic acids is 2. The molecule has 0 bridgehead atoms. The van der Waals surface area contributed by atoms with Gasteiger partial charge >= 0.3 is 29.6 Å². The maximum atomic E-state index is 9.94. The zero-order chi connectivity index (χ0) is 7.65. The molecule has 0 amide bonds. The van der Waals surface area contributed by atoms with Gasteiger partial charge in [0, 0.05) is 11.0 Å². The minimum absolute atomic E-state index is 0. The predicted molar refractivity (Wildman–Crippen MR) is 15.7 cm³/mol. The summed E-state index contributed by atoms with van der Waals surface area (Å²) in [7, 11) is 0. The smallest absolute Gasteiger partial charge is 0.542 e. The van der Waals surface area contributed by atoms with Crippen LogP contribution in [0.1, 0.15) is 11.0 Å². The van der Waals surface area contributed by atoms with Gasteiger partial charge in [-0.25, -0.2) is 0 Å². The van der Waals surface area contributed by atoms with Crippen LogP contribution < -0.4 is 34.7 Å². The van der Waals surface area contributed by atoms with Crippen molar-refractivity contribution >= 4 is 11.8 Å². The number of hydrogen-bond acceptors (Lipinski definition) is 3. The standard InChI is InChI=1S/C3H4O3.Na/c1-2(4)3(5)6;/h1H3,(H,5,6);/q;+1/p-1/i1D3,3+1;. The van der Waals surface area contributed by atoms with Gasteiger partial charge in [-0.2, -0.15) is 0 Å². The van der Waals surface area contributed by atoms with E-state index in [4.69, 9.17) is 4.11 Å². The van der Waals surface area contributed by atoms with E-state index in [2.05, 4.69) is 0 Å². The summed E-state index contributed by atoms with van der Waals surface area (Å²) >= 11 is 0. The Morgan fingerprint density at radius 2 is 2.14 bits per heavy atom. The van der Waals surface area contributed by atoms with Crippen LogP contribution in [0.15, 0.2) is 0 Å². The predicted octanol–water partition coefficient (Wildman–Crippen LogP) is -4.67. The number of aliphatic carboxylic acids is 1. The minimum Gasteiger partial charge on any atom is -0.542 e. The quantitative estimate of drug-likeness (QED) is 0.195. The summed E-state index contributed by atoms with van der Waals surface area (Å²) in [5.74, 6) is -4.03. The normalized spacial score (nSPS) is 14.6. The maximum Gasteiger partial charge on any atom is 1.00 e. The summed E-state index contributed by atoms with van der Waals surface area (Å²) in [4.78, 5) is 19.5. The van der Waals surface area contributed by atoms with Crippen molar-refractivity contribution in [1.29, 1.82) is 0 Å². The zero-order valence-electron chi connectivity index (χ0n) is 6.72. The van der Waals surface area contributed by atoms with Crippen molar-refractivity contribution in [2.24, 2.45) is 0 Å². The molecule has 0 aromatic rings. The third-order valence-corrected chi connectivity index (χ3v) is 0.185. The zero-order valence-corrected chi connectivity index (χ0v) is 5.72. The summed E-state index contributed by atoms with van der Waals surface area (Å²) in [5.41, 5.74) is 0. The van der Waals surface area contributed by atoms with E-state index < -0.39 is 18.6 Å². The Bertz CT molecular complexity index is 152. The first-order valence-electron chi connectivity index (χ1n) is 2.61. The largest absolute Gasteiger partial charge is 1.00 e. The third kappa shape index (κ3) is 6.14. The van der Waals surface area contributed by atoms with Gasteiger partial charge in [0.15, 0.2) is 5.78 Å². The van der Waals surface area contributed by atoms with Crippen LogP contribution in [-0.2, 0) is 9.59 Å². The summed E-state index contributed by atoms with van der Waals surface area (Å²) in [6, 6.07) is 0. The van der Waals surface area contributed by atoms with Crippen molar-refractivity contribution < 1.29 is 48.4 Å². The van der Waals surface area contributed by atoms with E-state index in [9.17, 15) is 14.7 Å². The third-order valence-electron chi connectivity index (χ3n) is 0.185. The number of carboxylic acid groups (broad SMARTS) is 1. The van der Waals surface area contributed by atoms with E-state index in [1.165, 1.54) is 0 Å². The molecule has 4 heteroatoms. The molecule has 0 aliphatic heterocycles. The molecule has 0 aromatic carbocycles. The molecular formula is C3H3NaO3. The maximum absolute atomic E-state index is 9.94. The molecule has 7 heavy (non-hydrogen) atoms. The van der Waals surface area contributed by atoms with Crippen molar-refractivity contribution in [3.63, 3.8) is 0 Å². The topological polar surface area (TPSA) is 57.2 Å². The Kier molecular flexibility index (Phi) is 2.50. The molecule has 0 aliphatic rings. The Labute approximate surface area is 67.2 Å². The Morgan fingerprint density at radius 1 is 1.71 bits per heavy atom. The Morgan fingerprint density at radius 3 is 2.14 bits per heavy atom. The summed E-state index contributed by atoms with van der Waals surface area (Å²) < 4.78 is 18.7. The van der Waals surface area contributed by atoms with Gasteiger partial charge in [0.2, 0.25) is 0 Å². The molecule has 0 rings (SSSR count). The van der Waals surface area contributed by atoms with Crippen LogP contribution in [0.5, 0.6) is 0 Å². The molecule has 0 saturated heterocycles. The number of carbonyl (C=O) groups is 2. The number of Topliss-reactive ketones (excluding diaryl/α,β-unsaturated/α-hetero) is 1. The van der Waals surface area contributed by atoms with Crippen LogP contribution >= 0.6 is 0 Å². The van der Waals surface area contributed by atoms with E-state index in [-0.39, 0.29) is 29.6 Å². The molecule has 0 atom stereocenters. The molecule has 34 valence electrons. The SMILES string of the molecule is [2H]C([2H])([2H])C(=O)[13C](=O)[O-].[Na+]. The molecule has 0 fully saturated rings. The van der Waals surface area contributed by atoms with E-state index in [1.54, 1.807) is 0 Å². The van der Waals surface area contributed by atoms with Crippen LogP contribution in [-0.4, -0.2) is 11.8 Å². The molecule has 0 aliphatic carbocycles. The second-order valence-corrected chi connectivity index (χ2v) is 0.617. The van der Waals surface area contributed by atoms with E-state index in [0.717, 1.165) is 0 Å². The van der Waals surface area contributed by atoms with Gasteiger partial charge < -0.3 is 9.90 Å². The molecule has 0 N–H and O–H groups in total. The monoisotopic (exact) mass is 114 g/mol. The molecule has 0 heterocycles. The fourth-order valence-corrected chi connectivity index (χ4v) is 0. The summed E-state index contributed by atoms with van der Waals surface area (Å²) in [5, 5.41) is 9.53. The Balaban J connectivity index is 0. The first-order valence-corrected chi connectivity index (χ1v) is 1.11. The molecule has 0 unspecified atom stereocenters. The van der Waals surface area contributed by atoms with Crippen molar-refractivity contribution in [2.75, 3.05) is 0 Å². The van der Waals surface area contributed by atoms with Crippen molar-refractivity contribution in [2.45, 2.75) is 6.85 Å². The molecular weight excluding hydrogens is 108 g/mol. The van der Waals surface area contributed by atoms with Crippen LogP contribution in [0.4, 0.5) is 0 Å². The van der Waals surface area contributed by atoms with E-state index in [0.29, 0.717) is 0 Å². The van der Waals surface area contributed by atoms with Gasteiger partial charge in [-0.15, -0.1) is 0 Å². The summed E-state index contributed by atoms with van der Waals surface area (Å²) in [6.45, 7) is -3.07. The average molecular weight is 114 g/mol. The van der Waals surface area contributed by atoms with Crippen molar-refractivity contribution in [3.05, 3.63) is 0 Å². The fraction of sp³-hybridized carbons (Fsp3) is 0.333. The average Bonchev–Trinajstić information content (AvgIpc) is 1.62. The van der Waals surface area contributed by atoms with Gasteiger partial charge in [-0.05, 0) is 0 Å². The van der Waals surface area contributed by atoms with Crippen LogP contribution in [0.2, 0.25) is 0 Å². The van der Waals surface area contributed by atoms with Gasteiger partial charge in [0.1, 0.15) is 5.97 Å². The molecule has 0 aromatic heterocycles. The van der Waals surface area contributed by atoms with Crippen molar-refractivity contribution in [3.8, 4) is 0 Å². The molecule has 0 spiro atoms. The number of hydrogen-bond donors (Lipinski definition) is 0. The first-order chi connectivity index (χ1) is 3.85. The van der Waals surface area contributed by atoms with Gasteiger partial charge in [-0.1, -0.05) is 0 Å². The van der Waals surface area contributed by atoms with Crippen LogP contribution in [0.3, 0.4) is 0 Å².